The van der Waals surface area contributed by atoms with E-state index in [2.05, 4.69) is 10.1 Å². The van der Waals surface area contributed by atoms with Crippen LogP contribution in [0.4, 0.5) is 0 Å². The second-order valence-corrected chi connectivity index (χ2v) is 6.42. The molecule has 0 bridgehead atoms. The van der Waals surface area contributed by atoms with Crippen LogP contribution in [0.5, 0.6) is 5.75 Å². The smallest absolute Gasteiger partial charge is 0.337 e. The Morgan fingerprint density at radius 1 is 1.07 bits per heavy atom. The van der Waals surface area contributed by atoms with Crippen LogP contribution in [0.15, 0.2) is 36.4 Å². The molecule has 27 heavy (non-hydrogen) atoms. The molecule has 2 aromatic carbocycles. The molecule has 0 aromatic heterocycles. The summed E-state index contributed by atoms with van der Waals surface area (Å²) in [6, 6.07) is 9.50. The third kappa shape index (κ3) is 5.70. The topological polar surface area (TPSA) is 81.7 Å². The standard InChI is InChI=1S/C19H17Cl2NO5/c1-11(23)15-7-14(20)8-16(21)18(15)27-10-17(24)22-9-12-3-5-13(6-4-12)19(25)26-2/h3-8H,9-10H2,1-2H3,(H,22,24). The molecule has 8 heteroatoms. The zero-order chi connectivity index (χ0) is 20.0. The Labute approximate surface area is 166 Å². The molecular weight excluding hydrogens is 393 g/mol. The van der Waals surface area contributed by atoms with E-state index in [1.54, 1.807) is 24.3 Å². The molecule has 0 saturated heterocycles. The molecule has 0 aliphatic carbocycles. The highest BCUT2D eigenvalue weighted by Gasteiger charge is 2.16. The summed E-state index contributed by atoms with van der Waals surface area (Å²) >= 11 is 11.9. The monoisotopic (exact) mass is 409 g/mol. The average Bonchev–Trinajstić information content (AvgIpc) is 2.64. The number of esters is 1. The number of halogens is 2. The molecule has 0 aliphatic heterocycles. The summed E-state index contributed by atoms with van der Waals surface area (Å²) in [4.78, 5) is 35.1. The fourth-order valence-corrected chi connectivity index (χ4v) is 2.78. The highest BCUT2D eigenvalue weighted by Crippen LogP contribution is 2.32. The lowest BCUT2D eigenvalue weighted by Crippen LogP contribution is -2.28. The summed E-state index contributed by atoms with van der Waals surface area (Å²) in [7, 11) is 1.31. The van der Waals surface area contributed by atoms with E-state index in [1.807, 2.05) is 0 Å². The van der Waals surface area contributed by atoms with Gasteiger partial charge in [0.2, 0.25) is 0 Å². The minimum absolute atomic E-state index is 0.117. The summed E-state index contributed by atoms with van der Waals surface area (Å²) < 4.78 is 10.0. The first-order valence-corrected chi connectivity index (χ1v) is 8.64. The Hall–Kier alpha value is -2.57. The number of rotatable bonds is 7. The van der Waals surface area contributed by atoms with Crippen LogP contribution in [0.3, 0.4) is 0 Å². The predicted octanol–water partition coefficient (Wildman–Crippen LogP) is 3.68. The van der Waals surface area contributed by atoms with Gasteiger partial charge in [-0.2, -0.15) is 0 Å². The van der Waals surface area contributed by atoms with Crippen molar-refractivity contribution in [3.63, 3.8) is 0 Å². The molecular formula is C19H17Cl2NO5. The number of carbonyl (C=O) groups is 3. The summed E-state index contributed by atoms with van der Waals surface area (Å²) in [5, 5.41) is 3.13. The molecule has 0 radical (unpaired) electrons. The average molecular weight is 410 g/mol. The van der Waals surface area contributed by atoms with Gasteiger partial charge in [-0.25, -0.2) is 4.79 Å². The van der Waals surface area contributed by atoms with Crippen molar-refractivity contribution in [2.75, 3.05) is 13.7 Å². The van der Waals surface area contributed by atoms with Crippen molar-refractivity contribution in [3.05, 3.63) is 63.1 Å². The number of Topliss-reactive ketones (excluding diaryl/α,β-unsaturated/α-hetero) is 1. The first-order chi connectivity index (χ1) is 12.8. The van der Waals surface area contributed by atoms with Crippen LogP contribution in [0, 0.1) is 0 Å². The summed E-state index contributed by atoms with van der Waals surface area (Å²) in [5.74, 6) is -0.987. The minimum atomic E-state index is -0.430. The molecule has 0 heterocycles. The molecule has 0 spiro atoms. The largest absolute Gasteiger partial charge is 0.481 e. The van der Waals surface area contributed by atoms with Crippen LogP contribution in [0.1, 0.15) is 33.2 Å². The van der Waals surface area contributed by atoms with Gasteiger partial charge >= 0.3 is 5.97 Å². The molecule has 2 rings (SSSR count). The molecule has 1 amide bonds. The second kappa shape index (κ2) is 9.39. The van der Waals surface area contributed by atoms with Crippen LogP contribution in [0.2, 0.25) is 10.0 Å². The van der Waals surface area contributed by atoms with Gasteiger partial charge in [0, 0.05) is 11.6 Å². The lowest BCUT2D eigenvalue weighted by Gasteiger charge is -2.12. The molecule has 0 saturated carbocycles. The van der Waals surface area contributed by atoms with E-state index in [-0.39, 0.29) is 35.3 Å². The summed E-state index contributed by atoms with van der Waals surface area (Å²) in [5.41, 5.74) is 1.42. The van der Waals surface area contributed by atoms with Crippen LogP contribution < -0.4 is 10.1 Å². The number of ketones is 1. The maximum atomic E-state index is 12.0. The van der Waals surface area contributed by atoms with E-state index in [0.717, 1.165) is 5.56 Å². The fraction of sp³-hybridized carbons (Fsp3) is 0.211. The Morgan fingerprint density at radius 2 is 1.74 bits per heavy atom. The first kappa shape index (κ1) is 20.7. The number of ether oxygens (including phenoxy) is 2. The number of amides is 1. The van der Waals surface area contributed by atoms with Crippen molar-refractivity contribution in [1.82, 2.24) is 5.32 Å². The van der Waals surface area contributed by atoms with Crippen LogP contribution in [-0.2, 0) is 16.1 Å². The van der Waals surface area contributed by atoms with Crippen LogP contribution in [0.25, 0.3) is 0 Å². The molecule has 0 atom stereocenters. The van der Waals surface area contributed by atoms with Gasteiger partial charge in [0.1, 0.15) is 5.75 Å². The lowest BCUT2D eigenvalue weighted by molar-refractivity contribution is -0.123. The van der Waals surface area contributed by atoms with Gasteiger partial charge in [-0.3, -0.25) is 9.59 Å². The van der Waals surface area contributed by atoms with E-state index in [9.17, 15) is 14.4 Å². The molecule has 142 valence electrons. The van der Waals surface area contributed by atoms with Gasteiger partial charge < -0.3 is 14.8 Å². The SMILES string of the molecule is COC(=O)c1ccc(CNC(=O)COc2c(Cl)cc(Cl)cc2C(C)=O)cc1. The van der Waals surface area contributed by atoms with Crippen LogP contribution >= 0.6 is 23.2 Å². The molecule has 6 nitrogen and oxygen atoms in total. The summed E-state index contributed by atoms with van der Waals surface area (Å²) in [6.45, 7) is 1.28. The zero-order valence-corrected chi connectivity index (χ0v) is 16.2. The van der Waals surface area contributed by atoms with Crippen molar-refractivity contribution in [2.45, 2.75) is 13.5 Å². The molecule has 1 N–H and O–H groups in total. The number of hydrogen-bond donors (Lipinski definition) is 1. The number of benzene rings is 2. The molecule has 0 unspecified atom stereocenters. The predicted molar refractivity (Wildman–Crippen MR) is 102 cm³/mol. The van der Waals surface area contributed by atoms with E-state index in [1.165, 1.54) is 26.2 Å². The zero-order valence-electron chi connectivity index (χ0n) is 14.7. The Morgan fingerprint density at radius 3 is 2.33 bits per heavy atom. The first-order valence-electron chi connectivity index (χ1n) is 7.88. The highest BCUT2D eigenvalue weighted by molar-refractivity contribution is 6.36. The third-order valence-electron chi connectivity index (χ3n) is 3.60. The maximum Gasteiger partial charge on any atom is 0.337 e. The molecule has 0 aliphatic rings. The van der Waals surface area contributed by atoms with Gasteiger partial charge in [0.15, 0.2) is 12.4 Å². The Bertz CT molecular complexity index is 865. The normalized spacial score (nSPS) is 10.2. The quantitative estimate of drug-likeness (QED) is 0.557. The fourth-order valence-electron chi connectivity index (χ4n) is 2.23. The van der Waals surface area contributed by atoms with Gasteiger partial charge in [-0.05, 0) is 36.8 Å². The third-order valence-corrected chi connectivity index (χ3v) is 4.10. The summed E-state index contributed by atoms with van der Waals surface area (Å²) in [6.07, 6.45) is 0. The molecule has 2 aromatic rings. The van der Waals surface area contributed by atoms with E-state index in [0.29, 0.717) is 10.6 Å². The number of carbonyl (C=O) groups excluding carboxylic acids is 3. The lowest BCUT2D eigenvalue weighted by atomic mass is 10.1. The van der Waals surface area contributed by atoms with Crippen molar-refractivity contribution in [3.8, 4) is 5.75 Å². The van der Waals surface area contributed by atoms with Gasteiger partial charge in [0.25, 0.3) is 5.91 Å². The van der Waals surface area contributed by atoms with Gasteiger partial charge in [0.05, 0.1) is 23.3 Å². The van der Waals surface area contributed by atoms with E-state index < -0.39 is 11.9 Å². The highest BCUT2D eigenvalue weighted by atomic mass is 35.5. The number of hydrogen-bond acceptors (Lipinski definition) is 5. The Balaban J connectivity index is 1.94. The van der Waals surface area contributed by atoms with Crippen molar-refractivity contribution >= 4 is 40.9 Å². The minimum Gasteiger partial charge on any atom is -0.481 e. The van der Waals surface area contributed by atoms with Crippen molar-refractivity contribution in [2.24, 2.45) is 0 Å². The number of nitrogens with one attached hydrogen (secondary N) is 1. The maximum absolute atomic E-state index is 12.0. The Kier molecular flexibility index (Phi) is 7.21. The molecule has 0 fully saturated rings. The number of methoxy groups -OCH3 is 1. The van der Waals surface area contributed by atoms with Gasteiger partial charge in [-0.15, -0.1) is 0 Å². The van der Waals surface area contributed by atoms with Crippen LogP contribution in [-0.4, -0.2) is 31.4 Å². The van der Waals surface area contributed by atoms with Gasteiger partial charge in [-0.1, -0.05) is 35.3 Å². The second-order valence-electron chi connectivity index (χ2n) is 5.57. The van der Waals surface area contributed by atoms with E-state index in [4.69, 9.17) is 27.9 Å². The van der Waals surface area contributed by atoms with Crippen molar-refractivity contribution < 1.29 is 23.9 Å². The van der Waals surface area contributed by atoms with E-state index >= 15 is 0 Å². The van der Waals surface area contributed by atoms with Crippen molar-refractivity contribution in [1.29, 1.82) is 0 Å².